The summed E-state index contributed by atoms with van der Waals surface area (Å²) in [5.74, 6) is 0. The van der Waals surface area contributed by atoms with Gasteiger partial charge in [-0.2, -0.15) is 0 Å². The minimum atomic E-state index is -1.75. The first-order valence-corrected chi connectivity index (χ1v) is 7.85. The molecule has 13 heteroatoms. The number of hydrogen-bond acceptors (Lipinski definition) is 11. The lowest BCUT2D eigenvalue weighted by Gasteiger charge is -2.46. The molecule has 2 amide bonds. The minimum absolute atomic E-state index is 0.689. The molecule has 0 saturated carbocycles. The van der Waals surface area contributed by atoms with E-state index in [1.165, 1.54) is 0 Å². The molecular weight excluding hydrogens is 360 g/mol. The molecule has 0 unspecified atom stereocenters. The molecule has 0 bridgehead atoms. The molecule has 10 N–H and O–H groups in total. The van der Waals surface area contributed by atoms with E-state index in [1.54, 1.807) is 0 Å². The summed E-state index contributed by atoms with van der Waals surface area (Å²) in [6, 6.07) is -1.04. The van der Waals surface area contributed by atoms with Crippen LogP contribution in [0.25, 0.3) is 0 Å². The second-order valence-electron chi connectivity index (χ2n) is 6.07. The molecule has 152 valence electrons. The predicted molar refractivity (Wildman–Crippen MR) is 79.1 cm³/mol. The monoisotopic (exact) mass is 384 g/mol. The standard InChI is InChI=1S/C13H24N2O11/c14-13(23)15-11-8(21)7(20)10(4(2-17)24-11)26-12-9(22)6(19)5(18)3(1-16)25-12/h3-12,16-22H,1-2H2,(H3,14,15,23)/t3-,4-,5+,6+,7-,8-,9-,10-,11-,12+/m1/s1. The van der Waals surface area contributed by atoms with Crippen LogP contribution in [0.5, 0.6) is 0 Å². The highest BCUT2D eigenvalue weighted by molar-refractivity contribution is 5.71. The van der Waals surface area contributed by atoms with Crippen molar-refractivity contribution < 1.29 is 54.8 Å². The molecule has 2 aliphatic rings. The third-order valence-corrected chi connectivity index (χ3v) is 4.29. The lowest BCUT2D eigenvalue weighted by molar-refractivity contribution is -0.342. The van der Waals surface area contributed by atoms with Gasteiger partial charge in [0.2, 0.25) is 0 Å². The van der Waals surface area contributed by atoms with Crippen LogP contribution >= 0.6 is 0 Å². The number of carbonyl (C=O) groups excluding carboxylic acids is 1. The van der Waals surface area contributed by atoms with Crippen LogP contribution in [-0.4, -0.2) is 116 Å². The highest BCUT2D eigenvalue weighted by atomic mass is 16.7. The number of urea groups is 1. The summed E-state index contributed by atoms with van der Waals surface area (Å²) in [6.45, 7) is -1.39. The van der Waals surface area contributed by atoms with E-state index in [-0.39, 0.29) is 0 Å². The zero-order valence-electron chi connectivity index (χ0n) is 13.5. The fourth-order valence-electron chi connectivity index (χ4n) is 2.85. The van der Waals surface area contributed by atoms with E-state index in [0.29, 0.717) is 0 Å². The summed E-state index contributed by atoms with van der Waals surface area (Å²) in [4.78, 5) is 10.9. The van der Waals surface area contributed by atoms with Gasteiger partial charge in [-0.3, -0.25) is 0 Å². The molecule has 2 rings (SSSR count). The number of hydrogen-bond donors (Lipinski definition) is 9. The Kier molecular flexibility index (Phi) is 7.09. The zero-order chi connectivity index (χ0) is 19.6. The maximum Gasteiger partial charge on any atom is 0.314 e. The number of rotatable bonds is 5. The van der Waals surface area contributed by atoms with E-state index >= 15 is 0 Å². The van der Waals surface area contributed by atoms with Crippen molar-refractivity contribution in [3.63, 3.8) is 0 Å². The Morgan fingerprint density at radius 1 is 0.885 bits per heavy atom. The molecule has 26 heavy (non-hydrogen) atoms. The number of nitrogens with two attached hydrogens (primary N) is 1. The third-order valence-electron chi connectivity index (χ3n) is 4.29. The second-order valence-corrected chi connectivity index (χ2v) is 6.07. The van der Waals surface area contributed by atoms with Crippen molar-refractivity contribution >= 4 is 6.03 Å². The summed E-state index contributed by atoms with van der Waals surface area (Å²) in [5.41, 5.74) is 4.93. The van der Waals surface area contributed by atoms with Gasteiger partial charge < -0.3 is 61.0 Å². The van der Waals surface area contributed by atoms with Gasteiger partial charge in [-0.05, 0) is 0 Å². The molecule has 13 nitrogen and oxygen atoms in total. The third kappa shape index (κ3) is 4.23. The van der Waals surface area contributed by atoms with Gasteiger partial charge in [0.05, 0.1) is 13.2 Å². The highest BCUT2D eigenvalue weighted by Crippen LogP contribution is 2.28. The van der Waals surface area contributed by atoms with Gasteiger partial charge in [0.15, 0.2) is 12.5 Å². The van der Waals surface area contributed by atoms with Crippen LogP contribution in [0, 0.1) is 0 Å². The lowest BCUT2D eigenvalue weighted by atomic mass is 9.96. The fourth-order valence-corrected chi connectivity index (χ4v) is 2.85. The Morgan fingerprint density at radius 2 is 1.50 bits per heavy atom. The topological polar surface area (TPSA) is 224 Å². The number of ether oxygens (including phenoxy) is 3. The molecule has 0 aromatic rings. The van der Waals surface area contributed by atoms with E-state index in [9.17, 15) is 35.4 Å². The van der Waals surface area contributed by atoms with E-state index in [0.717, 1.165) is 0 Å². The summed E-state index contributed by atoms with van der Waals surface area (Å²) in [7, 11) is 0. The van der Waals surface area contributed by atoms with Crippen molar-refractivity contribution in [1.82, 2.24) is 5.32 Å². The van der Waals surface area contributed by atoms with Crippen LogP contribution < -0.4 is 11.1 Å². The molecule has 2 aliphatic heterocycles. The first kappa shape index (κ1) is 21.2. The van der Waals surface area contributed by atoms with Crippen LogP contribution in [0.3, 0.4) is 0 Å². The Hall–Kier alpha value is -1.13. The molecule has 2 saturated heterocycles. The summed E-state index contributed by atoms with van der Waals surface area (Å²) >= 11 is 0. The maximum atomic E-state index is 10.9. The lowest BCUT2D eigenvalue weighted by Crippen LogP contribution is -2.66. The number of aliphatic hydroxyl groups is 7. The summed E-state index contributed by atoms with van der Waals surface area (Å²) in [6.07, 6.45) is -15.5. The Bertz CT molecular complexity index is 479. The van der Waals surface area contributed by atoms with E-state index in [1.807, 2.05) is 5.32 Å². The molecule has 0 spiro atoms. The summed E-state index contributed by atoms with van der Waals surface area (Å²) < 4.78 is 15.7. The normalized spacial score (nSPS) is 46.7. The van der Waals surface area contributed by atoms with Gasteiger partial charge in [-0.25, -0.2) is 4.79 Å². The molecule has 0 aromatic heterocycles. The largest absolute Gasteiger partial charge is 0.394 e. The number of amides is 2. The van der Waals surface area contributed by atoms with E-state index < -0.39 is 80.6 Å². The SMILES string of the molecule is NC(=O)N[C@@H]1O[C@H](CO)[C@@H](O[C@@H]2O[C@H](CO)[C@H](O)[C@H](O)[C@H]2O)[C@H](O)[C@H]1O. The van der Waals surface area contributed by atoms with Gasteiger partial charge in [0.1, 0.15) is 48.8 Å². The Balaban J connectivity index is 2.12. The van der Waals surface area contributed by atoms with Gasteiger partial charge in [0, 0.05) is 0 Å². The van der Waals surface area contributed by atoms with Gasteiger partial charge in [-0.1, -0.05) is 0 Å². The number of primary amides is 1. The molecule has 0 aromatic carbocycles. The van der Waals surface area contributed by atoms with Crippen LogP contribution in [0.15, 0.2) is 0 Å². The Morgan fingerprint density at radius 3 is 2.04 bits per heavy atom. The van der Waals surface area contributed by atoms with Crippen molar-refractivity contribution in [3.05, 3.63) is 0 Å². The van der Waals surface area contributed by atoms with Crippen molar-refractivity contribution in [1.29, 1.82) is 0 Å². The molecular formula is C13H24N2O11. The number of nitrogens with one attached hydrogen (secondary N) is 1. The van der Waals surface area contributed by atoms with Crippen molar-refractivity contribution in [3.8, 4) is 0 Å². The summed E-state index contributed by atoms with van der Waals surface area (Å²) in [5, 5.41) is 70.3. The van der Waals surface area contributed by atoms with Crippen LogP contribution in [0.4, 0.5) is 4.79 Å². The van der Waals surface area contributed by atoms with Gasteiger partial charge >= 0.3 is 6.03 Å². The maximum absolute atomic E-state index is 10.9. The number of carbonyl (C=O) groups is 1. The second kappa shape index (κ2) is 8.71. The van der Waals surface area contributed by atoms with Crippen molar-refractivity contribution in [2.24, 2.45) is 5.73 Å². The predicted octanol–water partition coefficient (Wildman–Crippen LogP) is -5.72. The number of aliphatic hydroxyl groups excluding tert-OH is 7. The quantitative estimate of drug-likeness (QED) is 0.217. The molecule has 0 aliphatic carbocycles. The van der Waals surface area contributed by atoms with Gasteiger partial charge in [-0.15, -0.1) is 0 Å². The molecule has 0 radical (unpaired) electrons. The average Bonchev–Trinajstić information content (AvgIpc) is 2.60. The zero-order valence-corrected chi connectivity index (χ0v) is 13.5. The van der Waals surface area contributed by atoms with Gasteiger partial charge in [0.25, 0.3) is 0 Å². The Labute approximate surface area is 147 Å². The van der Waals surface area contributed by atoms with Crippen molar-refractivity contribution in [2.45, 2.75) is 61.3 Å². The minimum Gasteiger partial charge on any atom is -0.394 e. The molecule has 10 atom stereocenters. The van der Waals surface area contributed by atoms with Crippen LogP contribution in [0.2, 0.25) is 0 Å². The fraction of sp³-hybridized carbons (Fsp3) is 0.923. The first-order chi connectivity index (χ1) is 12.2. The molecule has 2 fully saturated rings. The first-order valence-electron chi connectivity index (χ1n) is 7.85. The van der Waals surface area contributed by atoms with E-state index in [4.69, 9.17) is 25.1 Å². The van der Waals surface area contributed by atoms with Crippen LogP contribution in [0.1, 0.15) is 0 Å². The highest BCUT2D eigenvalue weighted by Gasteiger charge is 2.50. The van der Waals surface area contributed by atoms with E-state index in [2.05, 4.69) is 0 Å². The smallest absolute Gasteiger partial charge is 0.314 e. The van der Waals surface area contributed by atoms with Crippen molar-refractivity contribution in [2.75, 3.05) is 13.2 Å². The van der Waals surface area contributed by atoms with Crippen LogP contribution in [-0.2, 0) is 14.2 Å². The average molecular weight is 384 g/mol. The molecule has 2 heterocycles.